The summed E-state index contributed by atoms with van der Waals surface area (Å²) in [5.74, 6) is 2.14. The van der Waals surface area contributed by atoms with Gasteiger partial charge in [-0.1, -0.05) is 0 Å². The number of carboxylic acid groups (broad SMARTS) is 1. The number of nitrogen functional groups attached to an aromatic ring is 1. The third-order valence-corrected chi connectivity index (χ3v) is 4.93. The van der Waals surface area contributed by atoms with Crippen molar-refractivity contribution in [1.29, 1.82) is 5.26 Å². The molecule has 0 bridgehead atoms. The van der Waals surface area contributed by atoms with Crippen molar-refractivity contribution in [2.45, 2.75) is 23.7 Å². The number of methoxy groups -OCH3 is 2. The molecule has 7 nitrogen and oxygen atoms in total. The van der Waals surface area contributed by atoms with Gasteiger partial charge in [0.15, 0.2) is 0 Å². The van der Waals surface area contributed by atoms with Crippen LogP contribution in [0, 0.1) is 11.3 Å². The minimum absolute atomic E-state index is 0.250. The Hall–Kier alpha value is -2.92. The minimum Gasteiger partial charge on any atom is -0.496 e. The van der Waals surface area contributed by atoms with Crippen LogP contribution in [0.3, 0.4) is 0 Å². The SMILES string of the molecule is COc1cc(-c2cc(C3CC3)nc(N)c2C#N)c(OC)cc1SC.O=CO. The van der Waals surface area contributed by atoms with Gasteiger partial charge in [0, 0.05) is 22.7 Å². The van der Waals surface area contributed by atoms with Gasteiger partial charge in [-0.25, -0.2) is 4.98 Å². The number of pyridine rings is 1. The van der Waals surface area contributed by atoms with Gasteiger partial charge in [0.1, 0.15) is 28.9 Å². The maximum absolute atomic E-state index is 9.55. The number of rotatable bonds is 5. The highest BCUT2D eigenvalue weighted by atomic mass is 32.2. The van der Waals surface area contributed by atoms with E-state index in [0.717, 1.165) is 40.3 Å². The van der Waals surface area contributed by atoms with E-state index < -0.39 is 0 Å². The second-order valence-corrected chi connectivity index (χ2v) is 6.60. The molecule has 3 N–H and O–H groups in total. The molecule has 2 aromatic rings. The van der Waals surface area contributed by atoms with Gasteiger partial charge < -0.3 is 20.3 Å². The molecule has 0 aliphatic heterocycles. The number of thioether (sulfide) groups is 1. The fourth-order valence-electron chi connectivity index (χ4n) is 2.74. The first-order valence-corrected chi connectivity index (χ1v) is 9.35. The molecule has 1 aliphatic rings. The lowest BCUT2D eigenvalue weighted by Gasteiger charge is -2.16. The fourth-order valence-corrected chi connectivity index (χ4v) is 3.31. The molecule has 1 aromatic heterocycles. The highest BCUT2D eigenvalue weighted by molar-refractivity contribution is 7.98. The summed E-state index contributed by atoms with van der Waals surface area (Å²) in [6, 6.07) is 7.96. The van der Waals surface area contributed by atoms with Crippen LogP contribution in [0.4, 0.5) is 5.82 Å². The van der Waals surface area contributed by atoms with Crippen molar-refractivity contribution in [2.75, 3.05) is 26.2 Å². The third-order valence-electron chi connectivity index (χ3n) is 4.17. The first-order valence-electron chi connectivity index (χ1n) is 8.13. The van der Waals surface area contributed by atoms with Gasteiger partial charge in [0.25, 0.3) is 6.47 Å². The van der Waals surface area contributed by atoms with Crippen LogP contribution in [0.2, 0.25) is 0 Å². The van der Waals surface area contributed by atoms with E-state index in [9.17, 15) is 5.26 Å². The largest absolute Gasteiger partial charge is 0.496 e. The van der Waals surface area contributed by atoms with Gasteiger partial charge in [0.2, 0.25) is 0 Å². The average Bonchev–Trinajstić information content (AvgIpc) is 3.52. The zero-order valence-corrected chi connectivity index (χ0v) is 16.2. The maximum Gasteiger partial charge on any atom is 0.290 e. The molecule has 1 saturated carbocycles. The number of hydrogen-bond acceptors (Lipinski definition) is 7. The van der Waals surface area contributed by atoms with Crippen LogP contribution in [0.15, 0.2) is 23.1 Å². The van der Waals surface area contributed by atoms with E-state index in [1.54, 1.807) is 26.0 Å². The summed E-state index contributed by atoms with van der Waals surface area (Å²) in [5, 5.41) is 16.4. The van der Waals surface area contributed by atoms with E-state index in [4.69, 9.17) is 25.1 Å². The van der Waals surface area contributed by atoms with Crippen molar-refractivity contribution < 1.29 is 19.4 Å². The summed E-state index contributed by atoms with van der Waals surface area (Å²) in [7, 11) is 3.25. The van der Waals surface area contributed by atoms with Crippen LogP contribution >= 0.6 is 11.8 Å². The molecule has 0 spiro atoms. The molecule has 1 aromatic carbocycles. The van der Waals surface area contributed by atoms with Crippen LogP contribution < -0.4 is 15.2 Å². The van der Waals surface area contributed by atoms with Crippen LogP contribution in [0.25, 0.3) is 11.1 Å². The second-order valence-electron chi connectivity index (χ2n) is 5.75. The number of nitrogens with two attached hydrogens (primary N) is 1. The Morgan fingerprint density at radius 3 is 2.37 bits per heavy atom. The Kier molecular flexibility index (Phi) is 6.91. The van der Waals surface area contributed by atoms with Crippen LogP contribution in [-0.2, 0) is 4.79 Å². The number of carbonyl (C=O) groups is 1. The van der Waals surface area contributed by atoms with Crippen molar-refractivity contribution in [3.63, 3.8) is 0 Å². The summed E-state index contributed by atoms with van der Waals surface area (Å²) in [5.41, 5.74) is 8.89. The molecule has 0 atom stereocenters. The predicted molar refractivity (Wildman–Crippen MR) is 104 cm³/mol. The molecule has 142 valence electrons. The number of nitriles is 1. The number of benzene rings is 1. The molecule has 8 heteroatoms. The lowest BCUT2D eigenvalue weighted by atomic mass is 9.98. The fraction of sp³-hybridized carbons (Fsp3) is 0.316. The van der Waals surface area contributed by atoms with Crippen molar-refractivity contribution in [3.8, 4) is 28.7 Å². The monoisotopic (exact) mass is 387 g/mol. The molecule has 0 radical (unpaired) electrons. The second kappa shape index (κ2) is 9.14. The van der Waals surface area contributed by atoms with E-state index in [1.807, 2.05) is 24.5 Å². The van der Waals surface area contributed by atoms with Crippen molar-refractivity contribution in [2.24, 2.45) is 0 Å². The summed E-state index contributed by atoms with van der Waals surface area (Å²) in [4.78, 5) is 13.7. The van der Waals surface area contributed by atoms with Crippen molar-refractivity contribution in [3.05, 3.63) is 29.5 Å². The van der Waals surface area contributed by atoms with Gasteiger partial charge in [-0.3, -0.25) is 4.79 Å². The van der Waals surface area contributed by atoms with E-state index in [-0.39, 0.29) is 12.3 Å². The molecule has 1 aliphatic carbocycles. The van der Waals surface area contributed by atoms with Gasteiger partial charge in [-0.15, -0.1) is 11.8 Å². The van der Waals surface area contributed by atoms with Gasteiger partial charge >= 0.3 is 0 Å². The summed E-state index contributed by atoms with van der Waals surface area (Å²) in [6.07, 6.45) is 4.21. The topological polar surface area (TPSA) is 118 Å². The van der Waals surface area contributed by atoms with Crippen molar-refractivity contribution in [1.82, 2.24) is 4.98 Å². The van der Waals surface area contributed by atoms with E-state index >= 15 is 0 Å². The molecule has 3 rings (SSSR count). The molecule has 1 fully saturated rings. The number of nitrogens with zero attached hydrogens (tertiary/aromatic N) is 2. The zero-order valence-electron chi connectivity index (χ0n) is 15.4. The van der Waals surface area contributed by atoms with E-state index in [1.165, 1.54) is 0 Å². The number of aromatic nitrogens is 1. The van der Waals surface area contributed by atoms with Crippen LogP contribution in [0.5, 0.6) is 11.5 Å². The highest BCUT2D eigenvalue weighted by Gasteiger charge is 2.28. The molecule has 0 saturated heterocycles. The lowest BCUT2D eigenvalue weighted by molar-refractivity contribution is -0.122. The van der Waals surface area contributed by atoms with Crippen molar-refractivity contribution >= 4 is 24.1 Å². The standard InChI is InChI=1S/C18H19N3O2S.CH2O2/c1-22-15-8-17(24-3)16(23-2)7-12(15)11-6-14(10-4-5-10)21-18(20)13(11)9-19;2-1-3/h6-8,10H,4-5H2,1-3H3,(H2,20,21);1H,(H,2,3). The Morgan fingerprint density at radius 1 is 1.26 bits per heavy atom. The zero-order chi connectivity index (χ0) is 20.0. The van der Waals surface area contributed by atoms with E-state index in [2.05, 4.69) is 11.1 Å². The molecule has 0 unspecified atom stereocenters. The van der Waals surface area contributed by atoms with Gasteiger partial charge in [-0.05, 0) is 37.3 Å². The molecule has 27 heavy (non-hydrogen) atoms. The number of anilines is 1. The number of ether oxygens (including phenoxy) is 2. The van der Waals surface area contributed by atoms with Gasteiger partial charge in [-0.2, -0.15) is 5.26 Å². The Balaban J connectivity index is 0.000000817. The molecule has 0 amide bonds. The Labute approximate surface area is 162 Å². The first kappa shape index (κ1) is 20.4. The molecule has 1 heterocycles. The summed E-state index contributed by atoms with van der Waals surface area (Å²) < 4.78 is 11.0. The molecular weight excluding hydrogens is 366 g/mol. The smallest absolute Gasteiger partial charge is 0.290 e. The Bertz CT molecular complexity index is 876. The first-order chi connectivity index (χ1) is 13.0. The van der Waals surface area contributed by atoms with E-state index in [0.29, 0.717) is 17.2 Å². The van der Waals surface area contributed by atoms with Gasteiger partial charge in [0.05, 0.1) is 19.1 Å². The van der Waals surface area contributed by atoms with Crippen LogP contribution in [-0.4, -0.2) is 37.0 Å². The summed E-state index contributed by atoms with van der Waals surface area (Å²) in [6.45, 7) is -0.250. The summed E-state index contributed by atoms with van der Waals surface area (Å²) >= 11 is 1.58. The average molecular weight is 387 g/mol. The maximum atomic E-state index is 9.55. The molecular formula is C19H21N3O4S. The normalized spacial score (nSPS) is 12.4. The lowest BCUT2D eigenvalue weighted by Crippen LogP contribution is -2.02. The quantitative estimate of drug-likeness (QED) is 0.591. The highest BCUT2D eigenvalue weighted by Crippen LogP contribution is 2.45. The Morgan fingerprint density at radius 2 is 1.89 bits per heavy atom. The predicted octanol–water partition coefficient (Wildman–Crippen LogP) is 3.52. The minimum atomic E-state index is -0.250. The van der Waals surface area contributed by atoms with Crippen LogP contribution in [0.1, 0.15) is 30.0 Å². The number of hydrogen-bond donors (Lipinski definition) is 2. The third kappa shape index (κ3) is 4.44.